The molecule has 1 atom stereocenters. The first-order valence-corrected chi connectivity index (χ1v) is 2.94. The van der Waals surface area contributed by atoms with Gasteiger partial charge in [-0.15, -0.1) is 0 Å². The molecule has 0 saturated heterocycles. The molecule has 1 rings (SSSR count). The molecule has 0 aromatic rings. The summed E-state index contributed by atoms with van der Waals surface area (Å²) >= 11 is 5.23. The van der Waals surface area contributed by atoms with E-state index in [0.717, 1.165) is 0 Å². The van der Waals surface area contributed by atoms with Crippen molar-refractivity contribution >= 4 is 24.0 Å². The van der Waals surface area contributed by atoms with Crippen molar-refractivity contribution in [2.75, 3.05) is 7.11 Å². The molecule has 0 fully saturated rings. The number of hydrogen-bond donors (Lipinski definition) is 0. The fourth-order valence-electron chi connectivity index (χ4n) is 0.531. The molecule has 4 nitrogen and oxygen atoms in total. The Balaban J connectivity index is 2.81. The van der Waals surface area contributed by atoms with Gasteiger partial charge in [0.05, 0.1) is 0 Å². The van der Waals surface area contributed by atoms with Crippen LogP contribution in [-0.4, -0.2) is 30.1 Å². The zero-order valence-electron chi connectivity index (χ0n) is 5.46. The molecule has 0 saturated carbocycles. The number of nitrogens with zero attached hydrogens (tertiary/aromatic N) is 3. The first-order chi connectivity index (χ1) is 5.15. The SMILES string of the molecule is COC1N=C(F)N=C(F)N1Cl. The Morgan fingerprint density at radius 2 is 2.27 bits per heavy atom. The van der Waals surface area contributed by atoms with Gasteiger partial charge in [-0.2, -0.15) is 23.2 Å². The first kappa shape index (κ1) is 8.35. The van der Waals surface area contributed by atoms with E-state index in [9.17, 15) is 8.78 Å². The number of amidine groups is 2. The third kappa shape index (κ3) is 1.63. The Hall–Kier alpha value is -0.750. The van der Waals surface area contributed by atoms with Gasteiger partial charge in [0.2, 0.25) is 6.35 Å². The van der Waals surface area contributed by atoms with Crippen LogP contribution >= 0.6 is 11.8 Å². The van der Waals surface area contributed by atoms with E-state index in [1.54, 1.807) is 0 Å². The van der Waals surface area contributed by atoms with Crippen molar-refractivity contribution < 1.29 is 13.5 Å². The van der Waals surface area contributed by atoms with Crippen LogP contribution < -0.4 is 0 Å². The van der Waals surface area contributed by atoms with Crippen molar-refractivity contribution in [2.24, 2.45) is 9.98 Å². The molecule has 1 aliphatic rings. The van der Waals surface area contributed by atoms with Crippen molar-refractivity contribution in [2.45, 2.75) is 6.35 Å². The smallest absolute Gasteiger partial charge is 0.312 e. The Labute approximate surface area is 66.2 Å². The summed E-state index contributed by atoms with van der Waals surface area (Å²) in [6.45, 7) is 0. The summed E-state index contributed by atoms with van der Waals surface area (Å²) < 4.78 is 29.5. The van der Waals surface area contributed by atoms with Gasteiger partial charge in [-0.3, -0.25) is 0 Å². The molecule has 0 bridgehead atoms. The zero-order chi connectivity index (χ0) is 8.43. The molecule has 0 aliphatic carbocycles. The van der Waals surface area contributed by atoms with Crippen molar-refractivity contribution in [1.29, 1.82) is 0 Å². The molecule has 0 spiro atoms. The first-order valence-electron chi connectivity index (χ1n) is 2.60. The van der Waals surface area contributed by atoms with Gasteiger partial charge in [-0.25, -0.2) is 0 Å². The molecular formula is C4H4ClF2N3O. The maximum Gasteiger partial charge on any atom is 0.312 e. The van der Waals surface area contributed by atoms with Gasteiger partial charge in [-0.05, 0) is 0 Å². The lowest BCUT2D eigenvalue weighted by atomic mass is 10.8. The largest absolute Gasteiger partial charge is 0.341 e. The van der Waals surface area contributed by atoms with Crippen molar-refractivity contribution in [1.82, 2.24) is 4.42 Å². The molecule has 1 aliphatic heterocycles. The van der Waals surface area contributed by atoms with Crippen LogP contribution in [0.1, 0.15) is 0 Å². The van der Waals surface area contributed by atoms with Crippen LogP contribution in [0.15, 0.2) is 9.98 Å². The molecule has 1 unspecified atom stereocenters. The Morgan fingerprint density at radius 3 is 2.82 bits per heavy atom. The van der Waals surface area contributed by atoms with Crippen LogP contribution in [0.5, 0.6) is 0 Å². The molecule has 62 valence electrons. The third-order valence-electron chi connectivity index (χ3n) is 0.982. The number of aliphatic imine (C=N–C) groups is 2. The van der Waals surface area contributed by atoms with Crippen molar-refractivity contribution in [3.05, 3.63) is 0 Å². The summed E-state index contributed by atoms with van der Waals surface area (Å²) in [4.78, 5) is 5.84. The summed E-state index contributed by atoms with van der Waals surface area (Å²) in [5, 5.41) is 0. The van der Waals surface area contributed by atoms with E-state index >= 15 is 0 Å². The number of rotatable bonds is 1. The lowest BCUT2D eigenvalue weighted by Gasteiger charge is -2.20. The fraction of sp³-hybridized carbons (Fsp3) is 0.500. The lowest BCUT2D eigenvalue weighted by Crippen LogP contribution is -2.34. The highest BCUT2D eigenvalue weighted by Gasteiger charge is 2.25. The van der Waals surface area contributed by atoms with E-state index in [4.69, 9.17) is 11.8 Å². The van der Waals surface area contributed by atoms with Gasteiger partial charge in [-0.1, -0.05) is 0 Å². The van der Waals surface area contributed by atoms with E-state index in [1.807, 2.05) is 0 Å². The summed E-state index contributed by atoms with van der Waals surface area (Å²) in [5.41, 5.74) is 0. The normalized spacial score (nSPS) is 24.7. The highest BCUT2D eigenvalue weighted by atomic mass is 35.5. The Morgan fingerprint density at radius 1 is 1.64 bits per heavy atom. The predicted molar refractivity (Wildman–Crippen MR) is 35.6 cm³/mol. The minimum Gasteiger partial charge on any atom is -0.341 e. The van der Waals surface area contributed by atoms with E-state index in [2.05, 4.69) is 14.7 Å². The molecule has 0 amide bonds. The third-order valence-corrected chi connectivity index (χ3v) is 1.29. The maximum atomic E-state index is 12.4. The molecule has 0 aromatic heterocycles. The number of hydrogen-bond acceptors (Lipinski definition) is 4. The minimum atomic E-state index is -1.19. The van der Waals surface area contributed by atoms with Crippen molar-refractivity contribution in [3.63, 3.8) is 0 Å². The zero-order valence-corrected chi connectivity index (χ0v) is 6.22. The van der Waals surface area contributed by atoms with E-state index in [-0.39, 0.29) is 0 Å². The van der Waals surface area contributed by atoms with Gasteiger partial charge in [0, 0.05) is 18.9 Å². The highest BCUT2D eigenvalue weighted by Crippen LogP contribution is 2.14. The second-order valence-corrected chi connectivity index (χ2v) is 2.02. The van der Waals surface area contributed by atoms with Gasteiger partial charge in [0.25, 0.3) is 0 Å². The Bertz CT molecular complexity index is 219. The highest BCUT2D eigenvalue weighted by molar-refractivity contribution is 6.22. The van der Waals surface area contributed by atoms with Crippen LogP contribution in [0.2, 0.25) is 0 Å². The van der Waals surface area contributed by atoms with E-state index in [0.29, 0.717) is 4.42 Å². The summed E-state index contributed by atoms with van der Waals surface area (Å²) in [5.74, 6) is 0. The second kappa shape index (κ2) is 3.10. The van der Waals surface area contributed by atoms with Gasteiger partial charge < -0.3 is 4.74 Å². The second-order valence-electron chi connectivity index (χ2n) is 1.65. The molecule has 0 radical (unpaired) electrons. The number of ether oxygens (including phenoxy) is 1. The quantitative estimate of drug-likeness (QED) is 0.450. The van der Waals surface area contributed by atoms with Gasteiger partial charge >= 0.3 is 12.2 Å². The molecule has 11 heavy (non-hydrogen) atoms. The van der Waals surface area contributed by atoms with Crippen LogP contribution in [0, 0.1) is 0 Å². The summed E-state index contributed by atoms with van der Waals surface area (Å²) in [6, 6.07) is 0. The average Bonchev–Trinajstić information content (AvgIpc) is 1.96. The Kier molecular flexibility index (Phi) is 2.35. The summed E-state index contributed by atoms with van der Waals surface area (Å²) in [6.07, 6.45) is -3.55. The monoisotopic (exact) mass is 183 g/mol. The lowest BCUT2D eigenvalue weighted by molar-refractivity contribution is 0.0466. The molecule has 1 heterocycles. The topological polar surface area (TPSA) is 37.2 Å². The van der Waals surface area contributed by atoms with E-state index in [1.165, 1.54) is 7.11 Å². The van der Waals surface area contributed by atoms with Crippen LogP contribution in [0.25, 0.3) is 0 Å². The summed E-state index contributed by atoms with van der Waals surface area (Å²) in [7, 11) is 1.22. The van der Waals surface area contributed by atoms with Crippen LogP contribution in [-0.2, 0) is 4.74 Å². The maximum absolute atomic E-state index is 12.4. The number of methoxy groups -OCH3 is 1. The predicted octanol–water partition coefficient (Wildman–Crippen LogP) is 1.04. The van der Waals surface area contributed by atoms with Crippen LogP contribution in [0.3, 0.4) is 0 Å². The number of halogens is 3. The van der Waals surface area contributed by atoms with Gasteiger partial charge in [0.15, 0.2) is 0 Å². The molecule has 0 N–H and O–H groups in total. The standard InChI is InChI=1S/C4H4ClF2N3O/c1-11-4-9-2(6)8-3(7)10(4)5/h4H,1H3. The molecule has 0 aromatic carbocycles. The average molecular weight is 184 g/mol. The molecule has 7 heteroatoms. The van der Waals surface area contributed by atoms with E-state index < -0.39 is 18.5 Å². The molecular weight excluding hydrogens is 180 g/mol. The van der Waals surface area contributed by atoms with Crippen molar-refractivity contribution in [3.8, 4) is 0 Å². The fourth-order valence-corrected chi connectivity index (χ4v) is 0.692. The van der Waals surface area contributed by atoms with Crippen LogP contribution in [0.4, 0.5) is 8.78 Å². The minimum absolute atomic E-state index is 0.448. The van der Waals surface area contributed by atoms with Gasteiger partial charge in [0.1, 0.15) is 0 Å².